The normalized spacial score (nSPS) is 11.1. The molecule has 0 saturated heterocycles. The average molecular weight is 459 g/mol. The van der Waals surface area contributed by atoms with Crippen molar-refractivity contribution in [3.05, 3.63) is 35.4 Å². The van der Waals surface area contributed by atoms with Crippen molar-refractivity contribution in [1.82, 2.24) is 0 Å². The van der Waals surface area contributed by atoms with Crippen molar-refractivity contribution in [2.24, 2.45) is 11.8 Å². The highest BCUT2D eigenvalue weighted by molar-refractivity contribution is 5.58. The summed E-state index contributed by atoms with van der Waals surface area (Å²) in [6, 6.07) is 7.78. The molecule has 0 radical (unpaired) electrons. The molecule has 0 bridgehead atoms. The van der Waals surface area contributed by atoms with Crippen LogP contribution in [0.4, 0.5) is 0 Å². The largest absolute Gasteiger partial charge is 0.493 e. The summed E-state index contributed by atoms with van der Waals surface area (Å²) >= 11 is 0. The maximum absolute atomic E-state index is 6.63. The van der Waals surface area contributed by atoms with Crippen LogP contribution in [-0.4, -0.2) is 28.4 Å². The van der Waals surface area contributed by atoms with Crippen molar-refractivity contribution >= 4 is 0 Å². The molecule has 2 aromatic rings. The maximum atomic E-state index is 6.63. The minimum Gasteiger partial charge on any atom is -0.493 e. The number of methoxy groups -OCH3 is 4. The average Bonchev–Trinajstić information content (AvgIpc) is 2.86. The van der Waals surface area contributed by atoms with Crippen LogP contribution in [-0.2, 0) is 12.8 Å². The molecule has 0 aliphatic heterocycles. The van der Waals surface area contributed by atoms with E-state index in [4.69, 9.17) is 23.7 Å². The second-order valence-corrected chi connectivity index (χ2v) is 8.43. The maximum Gasteiger partial charge on any atom is 0.167 e. The van der Waals surface area contributed by atoms with E-state index < -0.39 is 0 Å². The summed E-state index contributed by atoms with van der Waals surface area (Å²) in [7, 11) is 6.71. The van der Waals surface area contributed by atoms with Gasteiger partial charge >= 0.3 is 0 Å². The molecule has 0 atom stereocenters. The van der Waals surface area contributed by atoms with Crippen LogP contribution in [0.15, 0.2) is 24.3 Å². The molecule has 184 valence electrons. The Kier molecular flexibility index (Phi) is 10.7. The Morgan fingerprint density at radius 1 is 0.515 bits per heavy atom. The molecule has 0 unspecified atom stereocenters. The zero-order valence-electron chi connectivity index (χ0n) is 21.7. The first-order chi connectivity index (χ1) is 16.0. The fourth-order valence-electron chi connectivity index (χ4n) is 4.37. The summed E-state index contributed by atoms with van der Waals surface area (Å²) in [5.74, 6) is 5.55. The molecule has 0 fully saturated rings. The van der Waals surface area contributed by atoms with E-state index in [0.29, 0.717) is 11.8 Å². The molecule has 0 aliphatic carbocycles. The van der Waals surface area contributed by atoms with Gasteiger partial charge in [-0.25, -0.2) is 0 Å². The Morgan fingerprint density at radius 2 is 0.848 bits per heavy atom. The van der Waals surface area contributed by atoms with Crippen LogP contribution in [0, 0.1) is 11.8 Å². The zero-order valence-corrected chi connectivity index (χ0v) is 21.7. The van der Waals surface area contributed by atoms with E-state index in [0.717, 1.165) is 84.1 Å². The lowest BCUT2D eigenvalue weighted by atomic mass is 9.92. The van der Waals surface area contributed by atoms with E-state index in [9.17, 15) is 0 Å². The smallest absolute Gasteiger partial charge is 0.167 e. The van der Waals surface area contributed by atoms with Crippen LogP contribution in [0.2, 0.25) is 0 Å². The second-order valence-electron chi connectivity index (χ2n) is 8.43. The molecule has 33 heavy (non-hydrogen) atoms. The SMILES string of the molecule is CCC(CC)Cc1c(Oc2ccc(OC)c(OC)c2CC(CC)CC)ccc(OC)c1OC. The van der Waals surface area contributed by atoms with E-state index in [1.807, 2.05) is 24.3 Å². The minimum atomic E-state index is 0.530. The fourth-order valence-corrected chi connectivity index (χ4v) is 4.37. The summed E-state index contributed by atoms with van der Waals surface area (Å²) in [6.45, 7) is 8.90. The summed E-state index contributed by atoms with van der Waals surface area (Å²) in [5, 5.41) is 0. The highest BCUT2D eigenvalue weighted by Gasteiger charge is 2.23. The molecular formula is C28H42O5. The van der Waals surface area contributed by atoms with Gasteiger partial charge in [0.2, 0.25) is 0 Å². The van der Waals surface area contributed by atoms with Crippen LogP contribution in [0.25, 0.3) is 0 Å². The Morgan fingerprint density at radius 3 is 1.12 bits per heavy atom. The van der Waals surface area contributed by atoms with Gasteiger partial charge in [-0.2, -0.15) is 0 Å². The number of rotatable bonds is 14. The van der Waals surface area contributed by atoms with Crippen molar-refractivity contribution < 1.29 is 23.7 Å². The summed E-state index contributed by atoms with van der Waals surface area (Å²) in [5.41, 5.74) is 2.07. The standard InChI is InChI=1S/C28H42O5/c1-9-19(10-2)17-21-23(13-15-25(29-5)27(21)31-7)33-24-14-16-26(30-6)28(32-8)22(24)18-20(11-3)12-4/h13-16,19-20H,9-12,17-18H2,1-8H3. The van der Waals surface area contributed by atoms with E-state index in [1.54, 1.807) is 28.4 Å². The van der Waals surface area contributed by atoms with E-state index >= 15 is 0 Å². The lowest BCUT2D eigenvalue weighted by molar-refractivity contribution is 0.337. The molecule has 2 aromatic carbocycles. The zero-order chi connectivity index (χ0) is 24.4. The van der Waals surface area contributed by atoms with Gasteiger partial charge < -0.3 is 23.7 Å². The van der Waals surface area contributed by atoms with Gasteiger partial charge in [0.1, 0.15) is 11.5 Å². The van der Waals surface area contributed by atoms with Crippen LogP contribution in [0.1, 0.15) is 64.5 Å². The van der Waals surface area contributed by atoms with Gasteiger partial charge in [-0.1, -0.05) is 53.4 Å². The quantitative estimate of drug-likeness (QED) is 0.294. The Hall–Kier alpha value is -2.56. The van der Waals surface area contributed by atoms with Crippen molar-refractivity contribution in [3.8, 4) is 34.5 Å². The number of ether oxygens (including phenoxy) is 5. The summed E-state index contributed by atoms with van der Waals surface area (Å²) in [4.78, 5) is 0. The van der Waals surface area contributed by atoms with Crippen molar-refractivity contribution in [2.45, 2.75) is 66.2 Å². The van der Waals surface area contributed by atoms with Gasteiger partial charge in [0, 0.05) is 11.1 Å². The van der Waals surface area contributed by atoms with E-state index in [-0.39, 0.29) is 0 Å². The fraction of sp³-hybridized carbons (Fsp3) is 0.571. The molecule has 0 amide bonds. The van der Waals surface area contributed by atoms with Crippen LogP contribution >= 0.6 is 0 Å². The van der Waals surface area contributed by atoms with E-state index in [2.05, 4.69) is 27.7 Å². The summed E-state index contributed by atoms with van der Waals surface area (Å²) in [6.07, 6.45) is 6.08. The number of hydrogen-bond acceptors (Lipinski definition) is 5. The molecule has 0 aromatic heterocycles. The van der Waals surface area contributed by atoms with Gasteiger partial charge in [-0.15, -0.1) is 0 Å². The van der Waals surface area contributed by atoms with E-state index in [1.165, 1.54) is 0 Å². The van der Waals surface area contributed by atoms with Crippen molar-refractivity contribution in [2.75, 3.05) is 28.4 Å². The van der Waals surface area contributed by atoms with Crippen LogP contribution in [0.5, 0.6) is 34.5 Å². The predicted molar refractivity (Wildman–Crippen MR) is 135 cm³/mol. The second kappa shape index (κ2) is 13.2. The van der Waals surface area contributed by atoms with Crippen LogP contribution in [0.3, 0.4) is 0 Å². The molecule has 0 saturated carbocycles. The first-order valence-corrected chi connectivity index (χ1v) is 12.2. The van der Waals surface area contributed by atoms with Gasteiger partial charge in [-0.05, 0) is 48.9 Å². The predicted octanol–water partition coefficient (Wildman–Crippen LogP) is 7.47. The molecule has 0 heterocycles. The third-order valence-corrected chi connectivity index (χ3v) is 6.73. The highest BCUT2D eigenvalue weighted by atomic mass is 16.5. The third kappa shape index (κ3) is 6.27. The molecule has 2 rings (SSSR count). The van der Waals surface area contributed by atoms with Gasteiger partial charge in [0.05, 0.1) is 28.4 Å². The molecular weight excluding hydrogens is 416 g/mol. The Labute approximate surface area is 200 Å². The Bertz CT molecular complexity index is 798. The van der Waals surface area contributed by atoms with Crippen molar-refractivity contribution in [1.29, 1.82) is 0 Å². The molecule has 0 aliphatic rings. The first kappa shape index (κ1) is 26.7. The monoisotopic (exact) mass is 458 g/mol. The first-order valence-electron chi connectivity index (χ1n) is 12.2. The summed E-state index contributed by atoms with van der Waals surface area (Å²) < 4.78 is 29.4. The topological polar surface area (TPSA) is 46.2 Å². The van der Waals surface area contributed by atoms with Gasteiger partial charge in [0.15, 0.2) is 23.0 Å². The lowest BCUT2D eigenvalue weighted by Gasteiger charge is -2.23. The Balaban J connectivity index is 2.63. The van der Waals surface area contributed by atoms with Crippen molar-refractivity contribution in [3.63, 3.8) is 0 Å². The third-order valence-electron chi connectivity index (χ3n) is 6.73. The molecule has 0 N–H and O–H groups in total. The number of benzene rings is 2. The number of hydrogen-bond donors (Lipinski definition) is 0. The lowest BCUT2D eigenvalue weighted by Crippen LogP contribution is -2.08. The highest BCUT2D eigenvalue weighted by Crippen LogP contribution is 2.45. The van der Waals surface area contributed by atoms with Gasteiger partial charge in [0.25, 0.3) is 0 Å². The van der Waals surface area contributed by atoms with Crippen LogP contribution < -0.4 is 23.7 Å². The minimum absolute atomic E-state index is 0.530. The van der Waals surface area contributed by atoms with Gasteiger partial charge in [-0.3, -0.25) is 0 Å². The molecule has 5 nitrogen and oxygen atoms in total. The molecule has 5 heteroatoms. The molecule has 0 spiro atoms.